The zero-order valence-corrected chi connectivity index (χ0v) is 15.2. The number of carbonyl (C=O) groups is 1. The van der Waals surface area contributed by atoms with Crippen molar-refractivity contribution in [3.8, 4) is 0 Å². The van der Waals surface area contributed by atoms with E-state index in [2.05, 4.69) is 28.3 Å². The fourth-order valence-electron chi connectivity index (χ4n) is 2.56. The van der Waals surface area contributed by atoms with Crippen LogP contribution in [0.1, 0.15) is 33.3 Å². The molecule has 24 heavy (non-hydrogen) atoms. The first-order valence-corrected chi connectivity index (χ1v) is 8.32. The minimum absolute atomic E-state index is 0.281. The summed E-state index contributed by atoms with van der Waals surface area (Å²) in [5, 5.41) is 4.59. The Morgan fingerprint density at radius 3 is 2.92 bits per heavy atom. The molecule has 0 saturated carbocycles. The molecule has 2 aromatic rings. The van der Waals surface area contributed by atoms with Crippen LogP contribution in [-0.2, 0) is 11.3 Å². The topological polar surface area (TPSA) is 70.2 Å². The van der Waals surface area contributed by atoms with Crippen LogP contribution in [-0.4, -0.2) is 46.7 Å². The van der Waals surface area contributed by atoms with Crippen LogP contribution in [0.5, 0.6) is 0 Å². The second-order valence-corrected chi connectivity index (χ2v) is 7.31. The predicted molar refractivity (Wildman–Crippen MR) is 95.8 cm³/mol. The van der Waals surface area contributed by atoms with E-state index in [0.717, 1.165) is 24.1 Å². The van der Waals surface area contributed by atoms with Crippen LogP contribution in [0, 0.1) is 5.92 Å². The van der Waals surface area contributed by atoms with Gasteiger partial charge in [-0.15, -0.1) is 0 Å². The number of rotatable bonds is 6. The molecule has 2 rings (SSSR count). The first kappa shape index (κ1) is 18.3. The van der Waals surface area contributed by atoms with Crippen LogP contribution >= 0.6 is 0 Å². The maximum atomic E-state index is 12.0. The van der Waals surface area contributed by atoms with Gasteiger partial charge in [-0.2, -0.15) is 0 Å². The number of hydrogen-bond acceptors (Lipinski definition) is 4. The zero-order chi connectivity index (χ0) is 17.7. The summed E-state index contributed by atoms with van der Waals surface area (Å²) in [6, 6.07) is 4.01. The zero-order valence-electron chi connectivity index (χ0n) is 15.2. The highest BCUT2D eigenvalue weighted by molar-refractivity contribution is 5.79. The molecule has 0 bridgehead atoms. The summed E-state index contributed by atoms with van der Waals surface area (Å²) < 4.78 is 5.37. The molecule has 0 aromatic carbocycles. The number of aromatic nitrogens is 2. The van der Waals surface area contributed by atoms with Crippen LogP contribution in [0.25, 0.3) is 11.0 Å². The fourth-order valence-corrected chi connectivity index (χ4v) is 2.56. The van der Waals surface area contributed by atoms with Crippen molar-refractivity contribution in [1.82, 2.24) is 20.2 Å². The van der Waals surface area contributed by atoms with E-state index in [9.17, 15) is 4.79 Å². The van der Waals surface area contributed by atoms with Gasteiger partial charge in [0.05, 0.1) is 0 Å². The first-order chi connectivity index (χ1) is 11.3. The van der Waals surface area contributed by atoms with Crippen LogP contribution in [0.2, 0.25) is 0 Å². The number of nitrogens with one attached hydrogen (secondary N) is 2. The van der Waals surface area contributed by atoms with Gasteiger partial charge in [0, 0.05) is 37.9 Å². The molecule has 6 nitrogen and oxygen atoms in total. The lowest BCUT2D eigenvalue weighted by atomic mass is 10.1. The molecule has 1 atom stereocenters. The second-order valence-electron chi connectivity index (χ2n) is 7.31. The average molecular weight is 332 g/mol. The van der Waals surface area contributed by atoms with E-state index in [4.69, 9.17) is 4.74 Å². The number of H-pyrrole nitrogens is 1. The van der Waals surface area contributed by atoms with Crippen molar-refractivity contribution < 1.29 is 9.53 Å². The lowest BCUT2D eigenvalue weighted by Crippen LogP contribution is -2.38. The number of ether oxygens (including phenoxy) is 1. The van der Waals surface area contributed by atoms with E-state index in [1.165, 1.54) is 5.56 Å². The summed E-state index contributed by atoms with van der Waals surface area (Å²) in [6.45, 7) is 9.98. The molecule has 2 N–H and O–H groups in total. The fraction of sp³-hybridized carbons (Fsp3) is 0.556. The molecule has 0 aliphatic heterocycles. The SMILES string of the molecule is CC(CNCc1c[nH]c2ncccc12)CN(C)C(=O)OC(C)(C)C. The second kappa shape index (κ2) is 7.66. The van der Waals surface area contributed by atoms with Crippen LogP contribution in [0.15, 0.2) is 24.5 Å². The Hall–Kier alpha value is -2.08. The predicted octanol–water partition coefficient (Wildman–Crippen LogP) is 3.16. The minimum atomic E-state index is -0.462. The number of carbonyl (C=O) groups excluding carboxylic acids is 1. The monoisotopic (exact) mass is 332 g/mol. The molecular weight excluding hydrogens is 304 g/mol. The van der Waals surface area contributed by atoms with Crippen molar-refractivity contribution in [3.05, 3.63) is 30.1 Å². The molecule has 0 aliphatic rings. The minimum Gasteiger partial charge on any atom is -0.444 e. The molecule has 132 valence electrons. The Kier molecular flexibility index (Phi) is 5.83. The van der Waals surface area contributed by atoms with Crippen LogP contribution in [0.4, 0.5) is 4.79 Å². The van der Waals surface area contributed by atoms with Gasteiger partial charge in [-0.05, 0) is 50.9 Å². The maximum Gasteiger partial charge on any atom is 0.410 e. The molecule has 0 radical (unpaired) electrons. The van der Waals surface area contributed by atoms with E-state index in [0.29, 0.717) is 12.5 Å². The molecule has 0 saturated heterocycles. The molecule has 1 amide bonds. The summed E-state index contributed by atoms with van der Waals surface area (Å²) in [5.41, 5.74) is 1.65. The molecule has 0 aliphatic carbocycles. The summed E-state index contributed by atoms with van der Waals surface area (Å²) >= 11 is 0. The maximum absolute atomic E-state index is 12.0. The number of hydrogen-bond donors (Lipinski definition) is 2. The van der Waals surface area contributed by atoms with Gasteiger partial charge >= 0.3 is 6.09 Å². The van der Waals surface area contributed by atoms with Gasteiger partial charge in [-0.25, -0.2) is 9.78 Å². The Morgan fingerprint density at radius 2 is 2.21 bits per heavy atom. The molecule has 2 heterocycles. The Labute approximate surface area is 143 Å². The Morgan fingerprint density at radius 1 is 1.46 bits per heavy atom. The number of nitrogens with zero attached hydrogens (tertiary/aromatic N) is 2. The molecular formula is C18H28N4O2. The van der Waals surface area contributed by atoms with Crippen LogP contribution in [0.3, 0.4) is 0 Å². The van der Waals surface area contributed by atoms with Gasteiger partial charge in [0.25, 0.3) is 0 Å². The van der Waals surface area contributed by atoms with Gasteiger partial charge in [-0.1, -0.05) is 6.92 Å². The number of fused-ring (bicyclic) bond motifs is 1. The smallest absolute Gasteiger partial charge is 0.410 e. The highest BCUT2D eigenvalue weighted by Gasteiger charge is 2.20. The third-order valence-electron chi connectivity index (χ3n) is 3.64. The van der Waals surface area contributed by atoms with Gasteiger partial charge in [-0.3, -0.25) is 0 Å². The molecule has 0 fully saturated rings. The third kappa shape index (κ3) is 5.23. The van der Waals surface area contributed by atoms with Crippen LogP contribution < -0.4 is 5.32 Å². The molecule has 2 aromatic heterocycles. The third-order valence-corrected chi connectivity index (χ3v) is 3.64. The van der Waals surface area contributed by atoms with E-state index in [1.807, 2.05) is 33.0 Å². The quantitative estimate of drug-likeness (QED) is 0.852. The summed E-state index contributed by atoms with van der Waals surface area (Å²) in [4.78, 5) is 21.1. The van der Waals surface area contributed by atoms with E-state index in [1.54, 1.807) is 18.1 Å². The van der Waals surface area contributed by atoms with Gasteiger partial charge in [0.1, 0.15) is 11.2 Å². The van der Waals surface area contributed by atoms with E-state index >= 15 is 0 Å². The van der Waals surface area contributed by atoms with Crippen molar-refractivity contribution in [2.45, 2.75) is 39.8 Å². The average Bonchev–Trinajstić information content (AvgIpc) is 2.89. The molecule has 6 heteroatoms. The largest absolute Gasteiger partial charge is 0.444 e. The van der Waals surface area contributed by atoms with Crippen molar-refractivity contribution in [2.24, 2.45) is 5.92 Å². The van der Waals surface area contributed by atoms with Crippen molar-refractivity contribution in [1.29, 1.82) is 0 Å². The number of aromatic amines is 1. The molecule has 0 spiro atoms. The van der Waals surface area contributed by atoms with Gasteiger partial charge < -0.3 is 19.9 Å². The normalized spacial score (nSPS) is 13.0. The molecule has 1 unspecified atom stereocenters. The first-order valence-electron chi connectivity index (χ1n) is 8.32. The number of amides is 1. The lowest BCUT2D eigenvalue weighted by molar-refractivity contribution is 0.0277. The lowest BCUT2D eigenvalue weighted by Gasteiger charge is -2.26. The summed E-state index contributed by atoms with van der Waals surface area (Å²) in [5.74, 6) is 0.325. The standard InChI is InChI=1S/C18H28N4O2/c1-13(12-22(5)17(23)24-18(2,3)4)9-19-10-14-11-21-16-15(14)7-6-8-20-16/h6-8,11,13,19H,9-10,12H2,1-5H3,(H,20,21). The summed E-state index contributed by atoms with van der Waals surface area (Å²) in [7, 11) is 1.77. The van der Waals surface area contributed by atoms with Gasteiger partial charge in [0.15, 0.2) is 0 Å². The number of pyridine rings is 1. The van der Waals surface area contributed by atoms with Gasteiger partial charge in [0.2, 0.25) is 0 Å². The van der Waals surface area contributed by atoms with E-state index < -0.39 is 5.60 Å². The highest BCUT2D eigenvalue weighted by atomic mass is 16.6. The Balaban J connectivity index is 1.77. The van der Waals surface area contributed by atoms with Crippen molar-refractivity contribution in [3.63, 3.8) is 0 Å². The van der Waals surface area contributed by atoms with Crippen molar-refractivity contribution in [2.75, 3.05) is 20.1 Å². The van der Waals surface area contributed by atoms with E-state index in [-0.39, 0.29) is 6.09 Å². The highest BCUT2D eigenvalue weighted by Crippen LogP contribution is 2.15. The summed E-state index contributed by atoms with van der Waals surface area (Å²) in [6.07, 6.45) is 3.49. The van der Waals surface area contributed by atoms with Crippen molar-refractivity contribution >= 4 is 17.1 Å². The Bertz CT molecular complexity index is 675.